The predicted molar refractivity (Wildman–Crippen MR) is 97.6 cm³/mol. The highest BCUT2D eigenvalue weighted by Gasteiger charge is 2.12. The Morgan fingerprint density at radius 2 is 2.00 bits per heavy atom. The van der Waals surface area contributed by atoms with E-state index in [0.29, 0.717) is 6.54 Å². The van der Waals surface area contributed by atoms with Crippen LogP contribution < -0.4 is 4.74 Å². The maximum absolute atomic E-state index is 5.61. The van der Waals surface area contributed by atoms with Crippen molar-refractivity contribution in [2.24, 2.45) is 0 Å². The lowest BCUT2D eigenvalue weighted by molar-refractivity contribution is 0.417. The molecule has 0 unspecified atom stereocenters. The monoisotopic (exact) mass is 330 g/mol. The molecule has 0 N–H and O–H groups in total. The second kappa shape index (κ2) is 6.36. The van der Waals surface area contributed by atoms with Crippen molar-refractivity contribution in [3.8, 4) is 16.9 Å². The van der Waals surface area contributed by atoms with Crippen LogP contribution in [0.25, 0.3) is 21.9 Å². The zero-order valence-electron chi connectivity index (χ0n) is 14.2. The topological polar surface area (TPSA) is 52.8 Å². The first kappa shape index (κ1) is 15.3. The molecule has 0 aliphatic carbocycles. The minimum Gasteiger partial charge on any atom is -0.496 e. The van der Waals surface area contributed by atoms with Crippen molar-refractivity contribution in [3.05, 3.63) is 72.6 Å². The van der Waals surface area contributed by atoms with Crippen molar-refractivity contribution in [1.82, 2.24) is 19.7 Å². The summed E-state index contributed by atoms with van der Waals surface area (Å²) in [5.41, 5.74) is 2.92. The lowest BCUT2D eigenvalue weighted by Crippen LogP contribution is -2.04. The van der Waals surface area contributed by atoms with Gasteiger partial charge in [-0.15, -0.1) is 0 Å². The summed E-state index contributed by atoms with van der Waals surface area (Å²) in [5, 5.41) is 10.8. The van der Waals surface area contributed by atoms with Crippen LogP contribution in [0.15, 0.2) is 61.1 Å². The molecule has 0 aliphatic rings. The highest BCUT2D eigenvalue weighted by molar-refractivity contribution is 5.99. The smallest absolute Gasteiger partial charge is 0.127 e. The minimum atomic E-state index is 0.639. The predicted octanol–water partition coefficient (Wildman–Crippen LogP) is 3.86. The molecule has 5 nitrogen and oxygen atoms in total. The Kier molecular flexibility index (Phi) is 3.90. The molecule has 2 heterocycles. The van der Waals surface area contributed by atoms with E-state index >= 15 is 0 Å². The van der Waals surface area contributed by atoms with Gasteiger partial charge in [-0.25, -0.2) is 4.98 Å². The molecule has 5 heteroatoms. The third-order valence-corrected chi connectivity index (χ3v) is 4.36. The number of rotatable bonds is 4. The van der Waals surface area contributed by atoms with Gasteiger partial charge in [-0.3, -0.25) is 0 Å². The van der Waals surface area contributed by atoms with Crippen LogP contribution in [0.2, 0.25) is 0 Å². The average Bonchev–Trinajstić information content (AvgIpc) is 3.05. The van der Waals surface area contributed by atoms with E-state index in [0.717, 1.165) is 33.8 Å². The van der Waals surface area contributed by atoms with E-state index in [1.165, 1.54) is 5.39 Å². The zero-order valence-corrected chi connectivity index (χ0v) is 14.2. The molecule has 0 bridgehead atoms. The second-order valence-electron chi connectivity index (χ2n) is 5.90. The maximum Gasteiger partial charge on any atom is 0.127 e. The van der Waals surface area contributed by atoms with E-state index in [2.05, 4.69) is 39.4 Å². The van der Waals surface area contributed by atoms with Gasteiger partial charge in [0.05, 0.1) is 25.5 Å². The number of nitrogens with zero attached hydrogens (tertiary/aromatic N) is 4. The molecule has 0 spiro atoms. The molecule has 124 valence electrons. The van der Waals surface area contributed by atoms with Crippen molar-refractivity contribution >= 4 is 10.8 Å². The Bertz CT molecular complexity index is 1040. The van der Waals surface area contributed by atoms with Gasteiger partial charge in [0.2, 0.25) is 0 Å². The van der Waals surface area contributed by atoms with E-state index in [-0.39, 0.29) is 0 Å². The van der Waals surface area contributed by atoms with Crippen LogP contribution in [0.5, 0.6) is 5.75 Å². The van der Waals surface area contributed by atoms with Gasteiger partial charge >= 0.3 is 0 Å². The summed E-state index contributed by atoms with van der Waals surface area (Å²) in [6, 6.07) is 14.4. The molecular weight excluding hydrogens is 312 g/mol. The van der Waals surface area contributed by atoms with E-state index in [4.69, 9.17) is 4.74 Å². The first-order valence-electron chi connectivity index (χ1n) is 8.11. The van der Waals surface area contributed by atoms with E-state index in [9.17, 15) is 0 Å². The van der Waals surface area contributed by atoms with Crippen molar-refractivity contribution in [2.75, 3.05) is 7.11 Å². The molecule has 0 fully saturated rings. The molecule has 25 heavy (non-hydrogen) atoms. The molecule has 4 aromatic rings. The van der Waals surface area contributed by atoms with Gasteiger partial charge in [0, 0.05) is 23.5 Å². The Balaban J connectivity index is 1.84. The van der Waals surface area contributed by atoms with Crippen LogP contribution in [0.4, 0.5) is 0 Å². The minimum absolute atomic E-state index is 0.639. The SMILES string of the molecule is COc1ccc2ccccc2c1-c1cnnc(Cn2ccnc2C)c1. The molecule has 4 rings (SSSR count). The quantitative estimate of drug-likeness (QED) is 0.570. The number of fused-ring (bicyclic) bond motifs is 1. The van der Waals surface area contributed by atoms with Crippen molar-refractivity contribution in [1.29, 1.82) is 0 Å². The number of imidazole rings is 1. The third kappa shape index (κ3) is 2.85. The van der Waals surface area contributed by atoms with Crippen LogP contribution in [-0.2, 0) is 6.54 Å². The zero-order chi connectivity index (χ0) is 17.2. The van der Waals surface area contributed by atoms with Gasteiger partial charge in [-0.05, 0) is 29.8 Å². The Hall–Kier alpha value is -3.21. The standard InChI is InChI=1S/C20H18N4O/c1-14-21-9-10-24(14)13-17-11-16(12-22-23-17)20-18-6-4-3-5-15(18)7-8-19(20)25-2/h3-12H,13H2,1-2H3. The number of aromatic nitrogens is 4. The number of hydrogen-bond acceptors (Lipinski definition) is 4. The van der Waals surface area contributed by atoms with Crippen LogP contribution in [0.3, 0.4) is 0 Å². The van der Waals surface area contributed by atoms with E-state index < -0.39 is 0 Å². The molecule has 0 amide bonds. The normalized spacial score (nSPS) is 11.0. The van der Waals surface area contributed by atoms with Gasteiger partial charge in [-0.2, -0.15) is 10.2 Å². The van der Waals surface area contributed by atoms with Gasteiger partial charge in [0.1, 0.15) is 11.6 Å². The fourth-order valence-corrected chi connectivity index (χ4v) is 3.09. The Morgan fingerprint density at radius 1 is 1.12 bits per heavy atom. The average molecular weight is 330 g/mol. The Labute approximate surface area is 145 Å². The summed E-state index contributed by atoms with van der Waals surface area (Å²) in [4.78, 5) is 4.26. The third-order valence-electron chi connectivity index (χ3n) is 4.36. The second-order valence-corrected chi connectivity index (χ2v) is 5.90. The molecule has 2 aromatic heterocycles. The molecule has 0 aliphatic heterocycles. The summed E-state index contributed by atoms with van der Waals surface area (Å²) in [6.45, 7) is 2.62. The lowest BCUT2D eigenvalue weighted by Gasteiger charge is -2.13. The largest absolute Gasteiger partial charge is 0.496 e. The van der Waals surface area contributed by atoms with Crippen molar-refractivity contribution in [2.45, 2.75) is 13.5 Å². The molecule has 0 saturated carbocycles. The molecule has 2 aromatic carbocycles. The van der Waals surface area contributed by atoms with Crippen LogP contribution in [0, 0.1) is 6.92 Å². The molecule has 0 saturated heterocycles. The first-order valence-corrected chi connectivity index (χ1v) is 8.11. The van der Waals surface area contributed by atoms with Crippen LogP contribution >= 0.6 is 0 Å². The highest BCUT2D eigenvalue weighted by atomic mass is 16.5. The van der Waals surface area contributed by atoms with Gasteiger partial charge in [-0.1, -0.05) is 30.3 Å². The lowest BCUT2D eigenvalue weighted by atomic mass is 9.98. The van der Waals surface area contributed by atoms with Crippen LogP contribution in [0.1, 0.15) is 11.5 Å². The summed E-state index contributed by atoms with van der Waals surface area (Å²) in [5.74, 6) is 1.78. The number of ether oxygens (including phenoxy) is 1. The molecule has 0 radical (unpaired) electrons. The van der Waals surface area contributed by atoms with Gasteiger partial charge < -0.3 is 9.30 Å². The number of benzene rings is 2. The first-order chi connectivity index (χ1) is 12.3. The Morgan fingerprint density at radius 3 is 2.80 bits per heavy atom. The molecule has 0 atom stereocenters. The van der Waals surface area contributed by atoms with Crippen LogP contribution in [-0.4, -0.2) is 26.9 Å². The fourth-order valence-electron chi connectivity index (χ4n) is 3.09. The van der Waals surface area contributed by atoms with Gasteiger partial charge in [0.15, 0.2) is 0 Å². The van der Waals surface area contributed by atoms with Crippen molar-refractivity contribution in [3.63, 3.8) is 0 Å². The fraction of sp³-hybridized carbons (Fsp3) is 0.150. The summed E-state index contributed by atoms with van der Waals surface area (Å²) in [6.07, 6.45) is 5.52. The van der Waals surface area contributed by atoms with E-state index in [1.807, 2.05) is 35.9 Å². The summed E-state index contributed by atoms with van der Waals surface area (Å²) in [7, 11) is 1.69. The highest BCUT2D eigenvalue weighted by Crippen LogP contribution is 2.36. The van der Waals surface area contributed by atoms with E-state index in [1.54, 1.807) is 19.5 Å². The maximum atomic E-state index is 5.61. The number of aryl methyl sites for hydroxylation is 1. The summed E-state index contributed by atoms with van der Waals surface area (Å²) < 4.78 is 7.66. The molecular formula is C20H18N4O. The van der Waals surface area contributed by atoms with Crippen molar-refractivity contribution < 1.29 is 4.74 Å². The number of hydrogen-bond donors (Lipinski definition) is 0. The summed E-state index contributed by atoms with van der Waals surface area (Å²) >= 11 is 0. The number of methoxy groups -OCH3 is 1. The van der Waals surface area contributed by atoms with Gasteiger partial charge in [0.25, 0.3) is 0 Å².